The van der Waals surface area contributed by atoms with Gasteiger partial charge in [-0.05, 0) is 38.0 Å². The summed E-state index contributed by atoms with van der Waals surface area (Å²) in [5.41, 5.74) is 0.982. The van der Waals surface area contributed by atoms with E-state index in [0.717, 1.165) is 0 Å². The summed E-state index contributed by atoms with van der Waals surface area (Å²) in [6.45, 7) is 3.81. The first kappa shape index (κ1) is 16.7. The Kier molecular flexibility index (Phi) is 3.97. The predicted molar refractivity (Wildman–Crippen MR) is 85.8 cm³/mol. The molecule has 0 bridgehead atoms. The van der Waals surface area contributed by atoms with Gasteiger partial charge in [-0.1, -0.05) is 0 Å². The van der Waals surface area contributed by atoms with Crippen LogP contribution in [0.2, 0.25) is 0 Å². The summed E-state index contributed by atoms with van der Waals surface area (Å²) in [6, 6.07) is 2.78. The zero-order valence-electron chi connectivity index (χ0n) is 13.4. The molecule has 0 saturated heterocycles. The molecule has 2 N–H and O–H groups in total. The molecule has 0 radical (unpaired) electrons. The zero-order chi connectivity index (χ0) is 17.6. The van der Waals surface area contributed by atoms with Crippen LogP contribution in [-0.2, 0) is 16.4 Å². The third kappa shape index (κ3) is 2.42. The number of aliphatic hydroxyl groups is 1. The van der Waals surface area contributed by atoms with Gasteiger partial charge in [0.25, 0.3) is 0 Å². The zero-order valence-corrected chi connectivity index (χ0v) is 14.2. The highest BCUT2D eigenvalue weighted by Gasteiger charge is 2.32. The van der Waals surface area contributed by atoms with Crippen molar-refractivity contribution in [2.24, 2.45) is 0 Å². The summed E-state index contributed by atoms with van der Waals surface area (Å²) in [4.78, 5) is 12.8. The third-order valence-electron chi connectivity index (χ3n) is 4.40. The highest BCUT2D eigenvalue weighted by atomic mass is 32.2. The molecule has 1 aromatic heterocycles. The van der Waals surface area contributed by atoms with Gasteiger partial charge >= 0.3 is 0 Å². The van der Waals surface area contributed by atoms with Gasteiger partial charge in [-0.25, -0.2) is 13.1 Å². The van der Waals surface area contributed by atoms with Gasteiger partial charge in [-0.3, -0.25) is 4.79 Å². The van der Waals surface area contributed by atoms with Crippen LogP contribution in [0.3, 0.4) is 0 Å². The first-order valence-corrected chi connectivity index (χ1v) is 9.27. The lowest BCUT2D eigenvalue weighted by Gasteiger charge is -2.24. The van der Waals surface area contributed by atoms with E-state index in [9.17, 15) is 23.4 Å². The minimum absolute atomic E-state index is 0.0491. The monoisotopic (exact) mass is 350 g/mol. The SMILES string of the molecule is CCn1ncc(C(=O)c2ccc3c(c2C)C(O)CCS3(=O)=O)c1O. The van der Waals surface area contributed by atoms with Gasteiger partial charge in [-0.15, -0.1) is 0 Å². The molecule has 0 amide bonds. The van der Waals surface area contributed by atoms with E-state index >= 15 is 0 Å². The summed E-state index contributed by atoms with van der Waals surface area (Å²) in [5, 5.41) is 24.2. The highest BCUT2D eigenvalue weighted by molar-refractivity contribution is 7.91. The molecule has 8 heteroatoms. The molecule has 0 spiro atoms. The predicted octanol–water partition coefficient (Wildman–Crippen LogP) is 1.36. The molecule has 1 aliphatic heterocycles. The minimum Gasteiger partial charge on any atom is -0.493 e. The summed E-state index contributed by atoms with van der Waals surface area (Å²) in [7, 11) is -3.45. The molecule has 0 fully saturated rings. The van der Waals surface area contributed by atoms with E-state index < -0.39 is 21.7 Å². The van der Waals surface area contributed by atoms with Crippen molar-refractivity contribution in [1.29, 1.82) is 0 Å². The number of carbonyl (C=O) groups is 1. The van der Waals surface area contributed by atoms with Gasteiger partial charge in [0.05, 0.1) is 22.9 Å². The van der Waals surface area contributed by atoms with E-state index in [1.165, 1.54) is 23.0 Å². The number of fused-ring (bicyclic) bond motifs is 1. The molecule has 1 unspecified atom stereocenters. The first-order chi connectivity index (χ1) is 11.3. The molecule has 2 heterocycles. The molecular weight excluding hydrogens is 332 g/mol. The average Bonchev–Trinajstić information content (AvgIpc) is 2.91. The number of aromatic nitrogens is 2. The Morgan fingerprint density at radius 3 is 2.71 bits per heavy atom. The van der Waals surface area contributed by atoms with Gasteiger partial charge in [0.15, 0.2) is 15.6 Å². The fourth-order valence-electron chi connectivity index (χ4n) is 3.07. The van der Waals surface area contributed by atoms with Crippen LogP contribution in [0.5, 0.6) is 5.88 Å². The molecule has 24 heavy (non-hydrogen) atoms. The Bertz CT molecular complexity index is 930. The lowest BCUT2D eigenvalue weighted by molar-refractivity contribution is 0.103. The van der Waals surface area contributed by atoms with Crippen molar-refractivity contribution in [3.05, 3.63) is 40.6 Å². The maximum atomic E-state index is 12.7. The molecule has 7 nitrogen and oxygen atoms in total. The molecule has 0 aliphatic carbocycles. The average molecular weight is 350 g/mol. The van der Waals surface area contributed by atoms with Crippen molar-refractivity contribution in [1.82, 2.24) is 9.78 Å². The molecule has 1 atom stereocenters. The second-order valence-electron chi connectivity index (χ2n) is 5.80. The lowest BCUT2D eigenvalue weighted by atomic mass is 9.93. The van der Waals surface area contributed by atoms with Gasteiger partial charge in [0, 0.05) is 17.7 Å². The molecule has 0 saturated carbocycles. The van der Waals surface area contributed by atoms with Crippen molar-refractivity contribution in [2.75, 3.05) is 5.75 Å². The second kappa shape index (κ2) is 5.71. The normalized spacial score (nSPS) is 19.0. The first-order valence-electron chi connectivity index (χ1n) is 7.61. The number of hydrogen-bond acceptors (Lipinski definition) is 6. The maximum absolute atomic E-state index is 12.7. The molecule has 1 aromatic carbocycles. The third-order valence-corrected chi connectivity index (χ3v) is 6.20. The van der Waals surface area contributed by atoms with E-state index in [1.54, 1.807) is 13.8 Å². The Hall–Kier alpha value is -2.19. The van der Waals surface area contributed by atoms with E-state index in [-0.39, 0.29) is 39.6 Å². The van der Waals surface area contributed by atoms with Gasteiger partial charge in [0.1, 0.15) is 5.56 Å². The van der Waals surface area contributed by atoms with Crippen LogP contribution in [0.25, 0.3) is 0 Å². The van der Waals surface area contributed by atoms with E-state index in [4.69, 9.17) is 0 Å². The molecule has 128 valence electrons. The van der Waals surface area contributed by atoms with Crippen LogP contribution in [0.4, 0.5) is 0 Å². The number of aromatic hydroxyl groups is 1. The van der Waals surface area contributed by atoms with Crippen LogP contribution in [-0.4, -0.2) is 39.9 Å². The van der Waals surface area contributed by atoms with Crippen LogP contribution < -0.4 is 0 Å². The number of nitrogens with zero attached hydrogens (tertiary/aromatic N) is 2. The van der Waals surface area contributed by atoms with E-state index in [2.05, 4.69) is 5.10 Å². The van der Waals surface area contributed by atoms with Crippen molar-refractivity contribution >= 4 is 15.6 Å². The minimum atomic E-state index is -3.45. The fraction of sp³-hybridized carbons (Fsp3) is 0.375. The number of benzene rings is 1. The summed E-state index contributed by atoms with van der Waals surface area (Å²) < 4.78 is 25.6. The number of aryl methyl sites for hydroxylation is 1. The Balaban J connectivity index is 2.15. The Morgan fingerprint density at radius 2 is 2.08 bits per heavy atom. The second-order valence-corrected chi connectivity index (χ2v) is 7.88. The number of rotatable bonds is 3. The van der Waals surface area contributed by atoms with E-state index in [1.807, 2.05) is 0 Å². The molecule has 2 aromatic rings. The Morgan fingerprint density at radius 1 is 1.38 bits per heavy atom. The Labute approximate surface area is 139 Å². The van der Waals surface area contributed by atoms with Crippen LogP contribution in [0.15, 0.2) is 23.2 Å². The summed E-state index contributed by atoms with van der Waals surface area (Å²) in [5.74, 6) is -0.798. The standard InChI is InChI=1S/C16H18N2O5S/c1-3-18-16(21)11(8-17-18)15(20)10-4-5-13-14(9(10)2)12(19)6-7-24(13,22)23/h4-5,8,12,19,21H,3,6-7H2,1-2H3. The number of aliphatic hydroxyl groups excluding tert-OH is 1. The largest absolute Gasteiger partial charge is 0.493 e. The van der Waals surface area contributed by atoms with Crippen LogP contribution in [0, 0.1) is 6.92 Å². The van der Waals surface area contributed by atoms with Crippen LogP contribution >= 0.6 is 0 Å². The number of ketones is 1. The van der Waals surface area contributed by atoms with Gasteiger partial charge in [0.2, 0.25) is 5.88 Å². The fourth-order valence-corrected chi connectivity index (χ4v) is 4.72. The quantitative estimate of drug-likeness (QED) is 0.809. The smallest absolute Gasteiger partial charge is 0.220 e. The van der Waals surface area contributed by atoms with Crippen molar-refractivity contribution in [3.8, 4) is 5.88 Å². The highest BCUT2D eigenvalue weighted by Crippen LogP contribution is 2.36. The molecule has 1 aliphatic rings. The topological polar surface area (TPSA) is 109 Å². The number of hydrogen-bond donors (Lipinski definition) is 2. The van der Waals surface area contributed by atoms with Crippen molar-refractivity contribution < 1.29 is 23.4 Å². The van der Waals surface area contributed by atoms with Gasteiger partial charge in [-0.2, -0.15) is 5.10 Å². The summed E-state index contributed by atoms with van der Waals surface area (Å²) >= 11 is 0. The number of sulfone groups is 1. The lowest BCUT2D eigenvalue weighted by Crippen LogP contribution is -2.22. The molecular formula is C16H18N2O5S. The summed E-state index contributed by atoms with van der Waals surface area (Å²) in [6.07, 6.45) is 0.461. The molecule has 3 rings (SSSR count). The maximum Gasteiger partial charge on any atom is 0.220 e. The number of carbonyl (C=O) groups excluding carboxylic acids is 1. The van der Waals surface area contributed by atoms with Crippen molar-refractivity contribution in [2.45, 2.75) is 37.8 Å². The van der Waals surface area contributed by atoms with E-state index in [0.29, 0.717) is 12.1 Å². The van der Waals surface area contributed by atoms with Gasteiger partial charge < -0.3 is 10.2 Å². The van der Waals surface area contributed by atoms with Crippen LogP contribution in [0.1, 0.15) is 46.5 Å². The van der Waals surface area contributed by atoms with Crippen molar-refractivity contribution in [3.63, 3.8) is 0 Å².